The summed E-state index contributed by atoms with van der Waals surface area (Å²) in [6.07, 6.45) is 1.64. The number of thiophene rings is 1. The lowest BCUT2D eigenvalue weighted by atomic mass is 10.2. The Morgan fingerprint density at radius 2 is 1.94 bits per heavy atom. The maximum atomic E-state index is 13.5. The Labute approximate surface area is 181 Å². The fraction of sp³-hybridized carbons (Fsp3) is 0.273. The lowest BCUT2D eigenvalue weighted by Crippen LogP contribution is -2.42. The van der Waals surface area contributed by atoms with Crippen molar-refractivity contribution in [1.82, 2.24) is 19.4 Å². The van der Waals surface area contributed by atoms with E-state index in [1.165, 1.54) is 15.9 Å². The number of nitrogens with one attached hydrogen (secondary N) is 1. The number of carbonyl (C=O) groups is 1. The molecule has 0 aliphatic carbocycles. The summed E-state index contributed by atoms with van der Waals surface area (Å²) in [6.45, 7) is 5.88. The molecule has 3 aromatic heterocycles. The molecule has 160 valence electrons. The molecule has 0 fully saturated rings. The third-order valence-corrected chi connectivity index (χ3v) is 5.78. The van der Waals surface area contributed by atoms with Crippen LogP contribution in [0.2, 0.25) is 0 Å². The molecule has 0 spiro atoms. The lowest BCUT2D eigenvalue weighted by Gasteiger charge is -2.14. The van der Waals surface area contributed by atoms with Gasteiger partial charge in [0.1, 0.15) is 21.8 Å². The Hall–Kier alpha value is -3.46. The maximum Gasteiger partial charge on any atom is 0.336 e. The number of rotatable bonds is 6. The highest BCUT2D eigenvalue weighted by Gasteiger charge is 2.21. The summed E-state index contributed by atoms with van der Waals surface area (Å²) in [5.74, 6) is 0.335. The van der Waals surface area contributed by atoms with Gasteiger partial charge in [0, 0.05) is 17.6 Å². The summed E-state index contributed by atoms with van der Waals surface area (Å²) in [7, 11) is 0. The van der Waals surface area contributed by atoms with Gasteiger partial charge in [-0.2, -0.15) is 0 Å². The first kappa shape index (κ1) is 20.8. The fourth-order valence-corrected chi connectivity index (χ4v) is 4.56. The lowest BCUT2D eigenvalue weighted by molar-refractivity contribution is -0.122. The first-order valence-electron chi connectivity index (χ1n) is 9.96. The summed E-state index contributed by atoms with van der Waals surface area (Å²) in [4.78, 5) is 44.3. The average Bonchev–Trinajstić information content (AvgIpc) is 3.12. The van der Waals surface area contributed by atoms with Crippen LogP contribution >= 0.6 is 11.3 Å². The normalized spacial score (nSPS) is 11.4. The van der Waals surface area contributed by atoms with Crippen LogP contribution in [0.25, 0.3) is 26.1 Å². The predicted molar refractivity (Wildman–Crippen MR) is 121 cm³/mol. The molecule has 0 radical (unpaired) electrons. The van der Waals surface area contributed by atoms with Crippen LogP contribution in [-0.4, -0.2) is 32.7 Å². The molecule has 0 bridgehead atoms. The maximum absolute atomic E-state index is 13.5. The van der Waals surface area contributed by atoms with Gasteiger partial charge in [-0.25, -0.2) is 14.3 Å². The number of hydrogen-bond acceptors (Lipinski definition) is 6. The zero-order valence-corrected chi connectivity index (χ0v) is 18.2. The molecule has 0 aliphatic rings. The number of aromatic nitrogens is 3. The van der Waals surface area contributed by atoms with E-state index in [0.29, 0.717) is 38.5 Å². The van der Waals surface area contributed by atoms with E-state index < -0.39 is 11.2 Å². The molecular formula is C22H22N4O4S. The van der Waals surface area contributed by atoms with E-state index in [-0.39, 0.29) is 18.5 Å². The summed E-state index contributed by atoms with van der Waals surface area (Å²) in [5, 5.41) is 3.48. The van der Waals surface area contributed by atoms with E-state index >= 15 is 0 Å². The van der Waals surface area contributed by atoms with Crippen LogP contribution in [0.3, 0.4) is 0 Å². The second kappa shape index (κ2) is 8.35. The average molecular weight is 439 g/mol. The van der Waals surface area contributed by atoms with Crippen molar-refractivity contribution in [1.29, 1.82) is 0 Å². The van der Waals surface area contributed by atoms with Crippen LogP contribution in [0.15, 0.2) is 52.2 Å². The number of hydrogen-bond donors (Lipinski definition) is 1. The second-order valence-electron chi connectivity index (χ2n) is 7.29. The fourth-order valence-electron chi connectivity index (χ4n) is 3.48. The van der Waals surface area contributed by atoms with Crippen LogP contribution in [-0.2, 0) is 11.3 Å². The predicted octanol–water partition coefficient (Wildman–Crippen LogP) is 2.69. The van der Waals surface area contributed by atoms with Crippen LogP contribution < -0.4 is 21.3 Å². The van der Waals surface area contributed by atoms with E-state index in [9.17, 15) is 14.4 Å². The Bertz CT molecular complexity index is 1380. The largest absolute Gasteiger partial charge is 0.494 e. The zero-order valence-electron chi connectivity index (χ0n) is 17.4. The number of pyridine rings is 1. The van der Waals surface area contributed by atoms with Crippen molar-refractivity contribution in [3.8, 4) is 11.4 Å². The van der Waals surface area contributed by atoms with Gasteiger partial charge < -0.3 is 10.1 Å². The number of fused-ring (bicyclic) bond motifs is 3. The van der Waals surface area contributed by atoms with Gasteiger partial charge in [0.05, 0.1) is 17.8 Å². The van der Waals surface area contributed by atoms with Crippen molar-refractivity contribution in [3.63, 3.8) is 0 Å². The van der Waals surface area contributed by atoms with Crippen LogP contribution in [0.1, 0.15) is 20.8 Å². The van der Waals surface area contributed by atoms with Crippen LogP contribution in [0, 0.1) is 0 Å². The molecular weight excluding hydrogens is 416 g/mol. The van der Waals surface area contributed by atoms with Gasteiger partial charge in [0.25, 0.3) is 5.56 Å². The van der Waals surface area contributed by atoms with E-state index in [1.54, 1.807) is 42.6 Å². The molecule has 0 atom stereocenters. The Morgan fingerprint density at radius 3 is 2.61 bits per heavy atom. The summed E-state index contributed by atoms with van der Waals surface area (Å²) >= 11 is 1.21. The molecule has 1 amide bonds. The summed E-state index contributed by atoms with van der Waals surface area (Å²) in [5.41, 5.74) is -0.176. The molecule has 1 aromatic carbocycles. The van der Waals surface area contributed by atoms with E-state index in [4.69, 9.17) is 4.74 Å². The molecule has 0 saturated carbocycles. The van der Waals surface area contributed by atoms with E-state index in [0.717, 1.165) is 4.57 Å². The Kier molecular flexibility index (Phi) is 5.60. The Balaban J connectivity index is 1.99. The van der Waals surface area contributed by atoms with E-state index in [1.807, 2.05) is 20.8 Å². The van der Waals surface area contributed by atoms with Crippen molar-refractivity contribution >= 4 is 37.7 Å². The summed E-state index contributed by atoms with van der Waals surface area (Å²) in [6, 6.07) is 10.2. The van der Waals surface area contributed by atoms with Crippen molar-refractivity contribution in [2.45, 2.75) is 33.4 Å². The van der Waals surface area contributed by atoms with Gasteiger partial charge in [-0.15, -0.1) is 11.3 Å². The van der Waals surface area contributed by atoms with Gasteiger partial charge >= 0.3 is 5.69 Å². The first-order valence-corrected chi connectivity index (χ1v) is 10.8. The minimum absolute atomic E-state index is 0.0726. The van der Waals surface area contributed by atoms with Crippen LogP contribution in [0.5, 0.6) is 5.75 Å². The van der Waals surface area contributed by atoms with Crippen molar-refractivity contribution in [3.05, 3.63) is 63.4 Å². The smallest absolute Gasteiger partial charge is 0.336 e. The first-order chi connectivity index (χ1) is 14.9. The molecule has 31 heavy (non-hydrogen) atoms. The molecule has 1 N–H and O–H groups in total. The third kappa shape index (κ3) is 3.84. The SMILES string of the molecule is CCOc1ccc(-n2c(=O)c3sc4ncccc4c3n(CC(=O)NC(C)C)c2=O)cc1. The van der Waals surface area contributed by atoms with Gasteiger partial charge in [-0.05, 0) is 57.2 Å². The van der Waals surface area contributed by atoms with Crippen molar-refractivity contribution in [2.75, 3.05) is 6.61 Å². The van der Waals surface area contributed by atoms with Gasteiger partial charge in [-0.1, -0.05) is 0 Å². The third-order valence-electron chi connectivity index (χ3n) is 4.69. The van der Waals surface area contributed by atoms with Crippen LogP contribution in [0.4, 0.5) is 0 Å². The molecule has 0 unspecified atom stereocenters. The molecule has 0 aliphatic heterocycles. The van der Waals surface area contributed by atoms with Gasteiger partial charge in [0.2, 0.25) is 5.91 Å². The minimum atomic E-state index is -0.580. The standard InChI is InChI=1S/C22H22N4O4S/c1-4-30-15-9-7-14(8-10-15)26-21(28)19-18(16-6-5-11-23-20(16)31-19)25(22(26)29)12-17(27)24-13(2)3/h5-11,13H,4,12H2,1-3H3,(H,24,27). The Morgan fingerprint density at radius 1 is 1.19 bits per heavy atom. The highest BCUT2D eigenvalue weighted by Crippen LogP contribution is 2.29. The minimum Gasteiger partial charge on any atom is -0.494 e. The highest BCUT2D eigenvalue weighted by molar-refractivity contribution is 7.25. The zero-order chi connectivity index (χ0) is 22.1. The molecule has 8 nitrogen and oxygen atoms in total. The van der Waals surface area contributed by atoms with Crippen molar-refractivity contribution < 1.29 is 9.53 Å². The topological polar surface area (TPSA) is 95.2 Å². The number of benzene rings is 1. The molecule has 9 heteroatoms. The molecule has 3 heterocycles. The molecule has 4 rings (SSSR count). The number of amides is 1. The monoisotopic (exact) mass is 438 g/mol. The molecule has 4 aromatic rings. The quantitative estimate of drug-likeness (QED) is 0.499. The van der Waals surface area contributed by atoms with Gasteiger partial charge in [-0.3, -0.25) is 14.2 Å². The molecule has 0 saturated heterocycles. The highest BCUT2D eigenvalue weighted by atomic mass is 32.1. The number of nitrogens with zero attached hydrogens (tertiary/aromatic N) is 3. The number of ether oxygens (including phenoxy) is 1. The number of carbonyl (C=O) groups excluding carboxylic acids is 1. The van der Waals surface area contributed by atoms with Gasteiger partial charge in [0.15, 0.2) is 0 Å². The summed E-state index contributed by atoms with van der Waals surface area (Å²) < 4.78 is 8.27. The second-order valence-corrected chi connectivity index (χ2v) is 8.29. The van der Waals surface area contributed by atoms with E-state index in [2.05, 4.69) is 10.3 Å². The van der Waals surface area contributed by atoms with Crippen molar-refractivity contribution in [2.24, 2.45) is 0 Å².